The molecule has 1 amide bonds. The third-order valence-corrected chi connectivity index (χ3v) is 3.32. The van der Waals surface area contributed by atoms with Gasteiger partial charge in [0.2, 0.25) is 11.9 Å². The van der Waals surface area contributed by atoms with Gasteiger partial charge in [-0.15, -0.1) is 5.10 Å². The Balaban J connectivity index is 1.96. The van der Waals surface area contributed by atoms with Gasteiger partial charge in [-0.05, 0) is 5.92 Å². The van der Waals surface area contributed by atoms with E-state index in [1.807, 2.05) is 6.92 Å². The van der Waals surface area contributed by atoms with Crippen LogP contribution < -0.4 is 5.73 Å². The minimum absolute atomic E-state index is 0.0742. The molecule has 19 heavy (non-hydrogen) atoms. The Morgan fingerprint density at radius 1 is 1.53 bits per heavy atom. The summed E-state index contributed by atoms with van der Waals surface area (Å²) in [7, 11) is 1.36. The number of methoxy groups -OCH3 is 1. The van der Waals surface area contributed by atoms with Crippen LogP contribution in [-0.4, -0.2) is 51.7 Å². The molecule has 1 saturated heterocycles. The van der Waals surface area contributed by atoms with Crippen molar-refractivity contribution in [3.8, 4) is 0 Å². The summed E-state index contributed by atoms with van der Waals surface area (Å²) in [6.07, 6.45) is 1.41. The van der Waals surface area contributed by atoms with Crippen LogP contribution in [0.4, 0.5) is 5.95 Å². The molecule has 2 atom stereocenters. The molecule has 1 aliphatic heterocycles. The molecule has 0 saturated carbocycles. The topological polar surface area (TPSA) is 103 Å². The molecule has 0 radical (unpaired) electrons. The second-order valence-electron chi connectivity index (χ2n) is 4.71. The average molecular weight is 267 g/mol. The molecule has 0 aromatic carbocycles. The zero-order valence-electron chi connectivity index (χ0n) is 10.9. The van der Waals surface area contributed by atoms with E-state index in [9.17, 15) is 9.59 Å². The van der Waals surface area contributed by atoms with Gasteiger partial charge in [-0.3, -0.25) is 9.59 Å². The van der Waals surface area contributed by atoms with Crippen LogP contribution in [-0.2, 0) is 20.9 Å². The second kappa shape index (κ2) is 5.25. The standard InChI is InChI=1S/C11H17N5O3/c1-7-3-15(4-8(7)10(18)19-2)9(17)5-16-6-13-11(12)14-16/h6-8H,3-5H2,1-2H3,(H2,12,14). The van der Waals surface area contributed by atoms with Crippen LogP contribution in [0.25, 0.3) is 0 Å². The molecule has 2 heterocycles. The number of aromatic nitrogens is 3. The molecular weight excluding hydrogens is 250 g/mol. The Labute approximate surface area is 110 Å². The van der Waals surface area contributed by atoms with E-state index in [0.717, 1.165) is 0 Å². The largest absolute Gasteiger partial charge is 0.469 e. The van der Waals surface area contributed by atoms with E-state index < -0.39 is 0 Å². The number of hydrogen-bond donors (Lipinski definition) is 1. The fraction of sp³-hybridized carbons (Fsp3) is 0.636. The van der Waals surface area contributed by atoms with E-state index in [4.69, 9.17) is 10.5 Å². The number of amides is 1. The van der Waals surface area contributed by atoms with E-state index in [1.165, 1.54) is 18.1 Å². The maximum absolute atomic E-state index is 12.1. The molecule has 0 bridgehead atoms. The summed E-state index contributed by atoms with van der Waals surface area (Å²) >= 11 is 0. The maximum Gasteiger partial charge on any atom is 0.310 e. The van der Waals surface area contributed by atoms with Crippen molar-refractivity contribution >= 4 is 17.8 Å². The third kappa shape index (κ3) is 2.83. The van der Waals surface area contributed by atoms with Crippen LogP contribution >= 0.6 is 0 Å². The summed E-state index contributed by atoms with van der Waals surface area (Å²) in [4.78, 5) is 29.0. The van der Waals surface area contributed by atoms with Gasteiger partial charge in [0.25, 0.3) is 0 Å². The maximum atomic E-state index is 12.1. The Morgan fingerprint density at radius 2 is 2.26 bits per heavy atom. The molecular formula is C11H17N5O3. The molecule has 104 valence electrons. The van der Waals surface area contributed by atoms with Crippen LogP contribution in [0.1, 0.15) is 6.92 Å². The number of nitrogens with zero attached hydrogens (tertiary/aromatic N) is 4. The number of anilines is 1. The van der Waals surface area contributed by atoms with Crippen molar-refractivity contribution in [3.63, 3.8) is 0 Å². The zero-order valence-corrected chi connectivity index (χ0v) is 10.9. The lowest BCUT2D eigenvalue weighted by Gasteiger charge is -2.15. The normalized spacial score (nSPS) is 22.5. The molecule has 1 fully saturated rings. The average Bonchev–Trinajstić information content (AvgIpc) is 2.95. The van der Waals surface area contributed by atoms with Gasteiger partial charge in [0.05, 0.1) is 13.0 Å². The van der Waals surface area contributed by atoms with E-state index >= 15 is 0 Å². The molecule has 8 heteroatoms. The van der Waals surface area contributed by atoms with Crippen molar-refractivity contribution < 1.29 is 14.3 Å². The van der Waals surface area contributed by atoms with Gasteiger partial charge in [0, 0.05) is 13.1 Å². The number of carbonyl (C=O) groups excluding carboxylic acids is 2. The first-order valence-electron chi connectivity index (χ1n) is 6.01. The lowest BCUT2D eigenvalue weighted by Crippen LogP contribution is -2.33. The summed E-state index contributed by atoms with van der Waals surface area (Å²) in [5.74, 6) is -0.405. The van der Waals surface area contributed by atoms with E-state index in [-0.39, 0.29) is 36.2 Å². The molecule has 0 spiro atoms. The van der Waals surface area contributed by atoms with Gasteiger partial charge in [0.1, 0.15) is 12.9 Å². The van der Waals surface area contributed by atoms with E-state index in [2.05, 4.69) is 10.1 Å². The van der Waals surface area contributed by atoms with Crippen molar-refractivity contribution in [2.75, 3.05) is 25.9 Å². The molecule has 2 rings (SSSR count). The van der Waals surface area contributed by atoms with Gasteiger partial charge in [0.15, 0.2) is 0 Å². The van der Waals surface area contributed by atoms with Gasteiger partial charge < -0.3 is 15.4 Å². The second-order valence-corrected chi connectivity index (χ2v) is 4.71. The van der Waals surface area contributed by atoms with E-state index in [1.54, 1.807) is 4.90 Å². The molecule has 1 aromatic heterocycles. The Bertz CT molecular complexity index is 486. The third-order valence-electron chi connectivity index (χ3n) is 3.32. The highest BCUT2D eigenvalue weighted by Gasteiger charge is 2.37. The number of ether oxygens (including phenoxy) is 1. The first-order valence-corrected chi connectivity index (χ1v) is 6.01. The predicted molar refractivity (Wildman–Crippen MR) is 65.7 cm³/mol. The summed E-state index contributed by atoms with van der Waals surface area (Å²) in [5, 5.41) is 3.86. The van der Waals surface area contributed by atoms with Crippen molar-refractivity contribution in [3.05, 3.63) is 6.33 Å². The number of likely N-dealkylation sites (tertiary alicyclic amines) is 1. The van der Waals surface area contributed by atoms with Crippen molar-refractivity contribution in [1.82, 2.24) is 19.7 Å². The number of hydrogen-bond acceptors (Lipinski definition) is 6. The zero-order chi connectivity index (χ0) is 14.0. The van der Waals surface area contributed by atoms with Crippen molar-refractivity contribution in [1.29, 1.82) is 0 Å². The first kappa shape index (κ1) is 13.3. The SMILES string of the molecule is COC(=O)C1CN(C(=O)Cn2cnc(N)n2)CC1C. The minimum atomic E-state index is -0.271. The molecule has 2 unspecified atom stereocenters. The van der Waals surface area contributed by atoms with Gasteiger partial charge in [-0.25, -0.2) is 9.67 Å². The fourth-order valence-electron chi connectivity index (χ4n) is 2.25. The highest BCUT2D eigenvalue weighted by atomic mass is 16.5. The first-order chi connectivity index (χ1) is 9.01. The molecule has 2 N–H and O–H groups in total. The number of rotatable bonds is 3. The number of esters is 1. The molecule has 1 aromatic rings. The van der Waals surface area contributed by atoms with Gasteiger partial charge >= 0.3 is 5.97 Å². The van der Waals surface area contributed by atoms with Crippen LogP contribution in [0.3, 0.4) is 0 Å². The van der Waals surface area contributed by atoms with Crippen LogP contribution in [0.5, 0.6) is 0 Å². The van der Waals surface area contributed by atoms with E-state index in [0.29, 0.717) is 13.1 Å². The van der Waals surface area contributed by atoms with Crippen LogP contribution in [0.2, 0.25) is 0 Å². The number of carbonyl (C=O) groups is 2. The fourth-order valence-corrected chi connectivity index (χ4v) is 2.25. The highest BCUT2D eigenvalue weighted by Crippen LogP contribution is 2.24. The lowest BCUT2D eigenvalue weighted by molar-refractivity contribution is -0.146. The molecule has 1 aliphatic rings. The van der Waals surface area contributed by atoms with Crippen molar-refractivity contribution in [2.45, 2.75) is 13.5 Å². The smallest absolute Gasteiger partial charge is 0.310 e. The Kier molecular flexibility index (Phi) is 3.68. The summed E-state index contributed by atoms with van der Waals surface area (Å²) in [5.41, 5.74) is 5.38. The minimum Gasteiger partial charge on any atom is -0.469 e. The van der Waals surface area contributed by atoms with Gasteiger partial charge in [-0.1, -0.05) is 6.92 Å². The summed E-state index contributed by atoms with van der Waals surface area (Å²) < 4.78 is 6.12. The molecule has 8 nitrogen and oxygen atoms in total. The Morgan fingerprint density at radius 3 is 2.84 bits per heavy atom. The van der Waals surface area contributed by atoms with Crippen molar-refractivity contribution in [2.24, 2.45) is 11.8 Å². The predicted octanol–water partition coefficient (Wildman–Crippen LogP) is -0.872. The summed E-state index contributed by atoms with van der Waals surface area (Å²) in [6.45, 7) is 2.94. The molecule has 0 aliphatic carbocycles. The van der Waals surface area contributed by atoms with Crippen LogP contribution in [0.15, 0.2) is 6.33 Å². The van der Waals surface area contributed by atoms with Crippen LogP contribution in [0, 0.1) is 11.8 Å². The Hall–Kier alpha value is -2.12. The number of nitrogen functional groups attached to an aromatic ring is 1. The summed E-state index contributed by atoms with van der Waals surface area (Å²) in [6, 6.07) is 0. The highest BCUT2D eigenvalue weighted by molar-refractivity contribution is 5.79. The monoisotopic (exact) mass is 267 g/mol. The lowest BCUT2D eigenvalue weighted by atomic mass is 9.99. The van der Waals surface area contributed by atoms with Gasteiger partial charge in [-0.2, -0.15) is 0 Å². The number of nitrogens with two attached hydrogens (primary N) is 1. The quantitative estimate of drug-likeness (QED) is 0.714.